The van der Waals surface area contributed by atoms with E-state index in [0.717, 1.165) is 27.9 Å². The van der Waals surface area contributed by atoms with E-state index in [2.05, 4.69) is 27.6 Å². The largest absolute Gasteiger partial charge is 0.334 e. The number of anilines is 1. The Morgan fingerprint density at radius 3 is 2.27 bits per heavy atom. The molecule has 0 spiro atoms. The predicted octanol–water partition coefficient (Wildman–Crippen LogP) is 4.46. The Hall–Kier alpha value is -4.19. The number of aromatic nitrogens is 2. The number of fused-ring (bicyclic) bond motifs is 1. The van der Waals surface area contributed by atoms with Crippen LogP contribution in [0.2, 0.25) is 0 Å². The molecule has 1 aliphatic rings. The molecule has 3 aromatic carbocycles. The van der Waals surface area contributed by atoms with Gasteiger partial charge in [0.05, 0.1) is 13.0 Å². The van der Waals surface area contributed by atoms with Crippen LogP contribution in [0.3, 0.4) is 0 Å². The topological polar surface area (TPSA) is 78.1 Å². The highest BCUT2D eigenvalue weighted by atomic mass is 16.2. The van der Waals surface area contributed by atoms with Gasteiger partial charge in [-0.25, -0.2) is 0 Å². The van der Waals surface area contributed by atoms with E-state index < -0.39 is 0 Å². The van der Waals surface area contributed by atoms with E-state index in [-0.39, 0.29) is 18.2 Å². The molecule has 1 aliphatic heterocycles. The maximum Gasteiger partial charge on any atom is 0.254 e. The molecule has 6 heteroatoms. The van der Waals surface area contributed by atoms with Gasteiger partial charge in [0, 0.05) is 29.8 Å². The molecule has 2 heterocycles. The van der Waals surface area contributed by atoms with Crippen molar-refractivity contribution in [1.29, 1.82) is 0 Å². The molecule has 1 aromatic heterocycles. The van der Waals surface area contributed by atoms with Crippen molar-refractivity contribution < 1.29 is 9.59 Å². The lowest BCUT2D eigenvalue weighted by atomic mass is 10.0. The van der Waals surface area contributed by atoms with Crippen molar-refractivity contribution in [3.05, 3.63) is 107 Å². The van der Waals surface area contributed by atoms with Gasteiger partial charge in [-0.1, -0.05) is 72.8 Å². The number of amides is 2. The first-order valence-electron chi connectivity index (χ1n) is 11.0. The summed E-state index contributed by atoms with van der Waals surface area (Å²) in [5.41, 5.74) is 5.69. The van der Waals surface area contributed by atoms with Crippen molar-refractivity contribution >= 4 is 17.6 Å². The van der Waals surface area contributed by atoms with Gasteiger partial charge in [-0.05, 0) is 28.8 Å². The zero-order valence-electron chi connectivity index (χ0n) is 18.1. The summed E-state index contributed by atoms with van der Waals surface area (Å²) in [6, 6.07) is 27.4. The highest BCUT2D eigenvalue weighted by Crippen LogP contribution is 2.25. The van der Waals surface area contributed by atoms with Crippen molar-refractivity contribution in [3.8, 4) is 11.1 Å². The van der Waals surface area contributed by atoms with E-state index in [1.54, 1.807) is 4.90 Å². The maximum atomic E-state index is 12.8. The lowest BCUT2D eigenvalue weighted by molar-refractivity contribution is -0.115. The number of nitrogens with zero attached hydrogens (tertiary/aromatic N) is 2. The number of H-pyrrole nitrogens is 1. The Balaban J connectivity index is 1.24. The van der Waals surface area contributed by atoms with Crippen LogP contribution in [0.1, 0.15) is 27.2 Å². The number of carbonyl (C=O) groups excluding carboxylic acids is 2. The molecule has 6 nitrogen and oxygen atoms in total. The second kappa shape index (κ2) is 9.12. The van der Waals surface area contributed by atoms with Crippen LogP contribution in [0.25, 0.3) is 11.1 Å². The fraction of sp³-hybridized carbons (Fsp3) is 0.148. The Labute approximate surface area is 192 Å². The number of aromatic amines is 1. The fourth-order valence-corrected chi connectivity index (χ4v) is 4.14. The molecule has 0 bridgehead atoms. The molecule has 2 N–H and O–H groups in total. The molecule has 5 rings (SSSR count). The summed E-state index contributed by atoms with van der Waals surface area (Å²) in [6.45, 7) is 1.03. The quantitative estimate of drug-likeness (QED) is 0.485. The van der Waals surface area contributed by atoms with Crippen molar-refractivity contribution in [2.24, 2.45) is 0 Å². The normalized spacial score (nSPS) is 12.8. The zero-order chi connectivity index (χ0) is 22.6. The highest BCUT2D eigenvalue weighted by Gasteiger charge is 2.26. The number of hydrogen-bond acceptors (Lipinski definition) is 3. The SMILES string of the molecule is O=C(Cc1ccc(-c2ccccc2)cc1)Nc1n[nH]c2c1CN(C(=O)c1ccccc1)CC2. The van der Waals surface area contributed by atoms with Gasteiger partial charge < -0.3 is 10.2 Å². The zero-order valence-corrected chi connectivity index (χ0v) is 18.1. The molecule has 4 aromatic rings. The molecular weight excluding hydrogens is 412 g/mol. The van der Waals surface area contributed by atoms with E-state index in [1.807, 2.05) is 72.8 Å². The van der Waals surface area contributed by atoms with Gasteiger partial charge in [-0.3, -0.25) is 14.7 Å². The monoisotopic (exact) mass is 436 g/mol. The Morgan fingerprint density at radius 2 is 1.55 bits per heavy atom. The maximum absolute atomic E-state index is 12.8. The molecule has 2 amide bonds. The smallest absolute Gasteiger partial charge is 0.254 e. The van der Waals surface area contributed by atoms with Crippen LogP contribution in [-0.2, 0) is 24.2 Å². The van der Waals surface area contributed by atoms with Crippen LogP contribution < -0.4 is 5.32 Å². The molecule has 0 radical (unpaired) electrons. The molecule has 0 unspecified atom stereocenters. The molecule has 164 valence electrons. The second-order valence-electron chi connectivity index (χ2n) is 8.16. The Bertz CT molecular complexity index is 1260. The minimum absolute atomic E-state index is 0.0155. The molecule has 0 saturated heterocycles. The van der Waals surface area contributed by atoms with E-state index >= 15 is 0 Å². The minimum Gasteiger partial charge on any atom is -0.334 e. The lowest BCUT2D eigenvalue weighted by Gasteiger charge is -2.27. The number of carbonyl (C=O) groups is 2. The van der Waals surface area contributed by atoms with E-state index in [9.17, 15) is 9.59 Å². The van der Waals surface area contributed by atoms with E-state index in [0.29, 0.717) is 30.9 Å². The van der Waals surface area contributed by atoms with Gasteiger partial charge in [-0.2, -0.15) is 5.10 Å². The average Bonchev–Trinajstić information content (AvgIpc) is 3.27. The molecule has 0 aliphatic carbocycles. The van der Waals surface area contributed by atoms with Gasteiger partial charge >= 0.3 is 0 Å². The predicted molar refractivity (Wildman–Crippen MR) is 128 cm³/mol. The Kier molecular flexibility index (Phi) is 5.72. The summed E-state index contributed by atoms with van der Waals surface area (Å²) in [4.78, 5) is 27.4. The summed E-state index contributed by atoms with van der Waals surface area (Å²) < 4.78 is 0. The number of rotatable bonds is 5. The van der Waals surface area contributed by atoms with Gasteiger partial charge in [0.15, 0.2) is 5.82 Å². The van der Waals surface area contributed by atoms with Crippen LogP contribution in [-0.4, -0.2) is 33.5 Å². The van der Waals surface area contributed by atoms with Crippen molar-refractivity contribution in [3.63, 3.8) is 0 Å². The summed E-state index contributed by atoms with van der Waals surface area (Å²) in [5, 5.41) is 10.2. The minimum atomic E-state index is -0.136. The highest BCUT2D eigenvalue weighted by molar-refractivity contribution is 5.95. The molecule has 0 fully saturated rings. The van der Waals surface area contributed by atoms with Gasteiger partial charge in [0.2, 0.25) is 5.91 Å². The summed E-state index contributed by atoms with van der Waals surface area (Å²) in [7, 11) is 0. The fourth-order valence-electron chi connectivity index (χ4n) is 4.14. The summed E-state index contributed by atoms with van der Waals surface area (Å²) in [5.74, 6) is 0.350. The molecule has 0 saturated carbocycles. The average molecular weight is 437 g/mol. The first-order valence-corrected chi connectivity index (χ1v) is 11.0. The third-order valence-electron chi connectivity index (χ3n) is 5.92. The van der Waals surface area contributed by atoms with Gasteiger partial charge in [0.25, 0.3) is 5.91 Å². The van der Waals surface area contributed by atoms with Crippen LogP contribution in [0.15, 0.2) is 84.9 Å². The van der Waals surface area contributed by atoms with Crippen molar-refractivity contribution in [2.45, 2.75) is 19.4 Å². The van der Waals surface area contributed by atoms with Crippen LogP contribution in [0, 0.1) is 0 Å². The van der Waals surface area contributed by atoms with E-state index in [1.165, 1.54) is 0 Å². The standard InChI is InChI=1S/C27H24N4O2/c32-25(17-19-11-13-21(14-12-19)20-7-3-1-4-8-20)28-26-23-18-31(16-15-24(23)29-30-26)27(33)22-9-5-2-6-10-22/h1-14H,15-18H2,(H2,28,29,30,32). The van der Waals surface area contributed by atoms with Gasteiger partial charge in [0.1, 0.15) is 0 Å². The summed E-state index contributed by atoms with van der Waals surface area (Å²) >= 11 is 0. The number of benzene rings is 3. The molecule has 0 atom stereocenters. The van der Waals surface area contributed by atoms with Crippen molar-refractivity contribution in [2.75, 3.05) is 11.9 Å². The van der Waals surface area contributed by atoms with Crippen LogP contribution in [0.5, 0.6) is 0 Å². The van der Waals surface area contributed by atoms with Gasteiger partial charge in [-0.15, -0.1) is 0 Å². The van der Waals surface area contributed by atoms with Crippen LogP contribution >= 0.6 is 0 Å². The molecular formula is C27H24N4O2. The molecule has 33 heavy (non-hydrogen) atoms. The third-order valence-corrected chi connectivity index (χ3v) is 5.92. The second-order valence-corrected chi connectivity index (χ2v) is 8.16. The third kappa shape index (κ3) is 4.55. The van der Waals surface area contributed by atoms with Crippen LogP contribution in [0.4, 0.5) is 5.82 Å². The first-order chi connectivity index (χ1) is 16.2. The Morgan fingerprint density at radius 1 is 0.879 bits per heavy atom. The van der Waals surface area contributed by atoms with Crippen molar-refractivity contribution in [1.82, 2.24) is 15.1 Å². The van der Waals surface area contributed by atoms with E-state index in [4.69, 9.17) is 0 Å². The first kappa shape index (κ1) is 20.7. The summed E-state index contributed by atoms with van der Waals surface area (Å²) in [6.07, 6.45) is 0.932. The number of hydrogen-bond donors (Lipinski definition) is 2. The number of nitrogens with one attached hydrogen (secondary N) is 2. The lowest BCUT2D eigenvalue weighted by Crippen LogP contribution is -2.36.